The van der Waals surface area contributed by atoms with Crippen LogP contribution in [0.4, 0.5) is 0 Å². The molecule has 0 atom stereocenters. The van der Waals surface area contributed by atoms with Gasteiger partial charge in [-0.25, -0.2) is 9.78 Å². The number of nitrogens with zero attached hydrogens (tertiary/aromatic N) is 1. The largest absolute Gasteiger partial charge is 0.477 e. The van der Waals surface area contributed by atoms with Gasteiger partial charge in [-0.1, -0.05) is 29.3 Å². The van der Waals surface area contributed by atoms with Crippen molar-refractivity contribution in [3.8, 4) is 0 Å². The molecule has 1 aromatic heterocycles. The number of rotatable bonds is 3. The molecule has 1 aromatic carbocycles. The number of carboxylic acid groups (broad SMARTS) is 1. The monoisotopic (exact) mass is 301 g/mol. The predicted octanol–water partition coefficient (Wildman–Crippen LogP) is 4.05. The number of hydrogen-bond acceptors (Lipinski definition) is 3. The fraction of sp³-hybridized carbons (Fsp3) is 0.167. The van der Waals surface area contributed by atoms with Crippen LogP contribution in [0.15, 0.2) is 18.2 Å². The SMILES string of the molecule is Cc1nc(Cc2ccc(Cl)c(Cl)c2)sc1C(=O)O. The molecular formula is C12H9Cl2NO2S. The molecule has 2 aromatic rings. The van der Waals surface area contributed by atoms with Crippen LogP contribution in [0.2, 0.25) is 10.0 Å². The second-order valence-corrected chi connectivity index (χ2v) is 5.65. The lowest BCUT2D eigenvalue weighted by Crippen LogP contribution is -1.94. The van der Waals surface area contributed by atoms with Gasteiger partial charge in [0.1, 0.15) is 4.88 Å². The number of thiazole rings is 1. The number of aromatic carboxylic acids is 1. The number of aromatic nitrogens is 1. The van der Waals surface area contributed by atoms with Crippen LogP contribution in [0.1, 0.15) is 25.9 Å². The normalized spacial score (nSPS) is 10.6. The molecule has 94 valence electrons. The van der Waals surface area contributed by atoms with Crippen molar-refractivity contribution in [2.24, 2.45) is 0 Å². The third kappa shape index (κ3) is 2.83. The zero-order valence-corrected chi connectivity index (χ0v) is 11.7. The van der Waals surface area contributed by atoms with Crippen molar-refractivity contribution in [2.75, 3.05) is 0 Å². The van der Waals surface area contributed by atoms with E-state index < -0.39 is 5.97 Å². The number of carboxylic acids is 1. The van der Waals surface area contributed by atoms with Gasteiger partial charge in [-0.3, -0.25) is 0 Å². The van der Waals surface area contributed by atoms with Crippen molar-refractivity contribution < 1.29 is 9.90 Å². The highest BCUT2D eigenvalue weighted by atomic mass is 35.5. The fourth-order valence-corrected chi connectivity index (χ4v) is 2.81. The summed E-state index contributed by atoms with van der Waals surface area (Å²) in [6.45, 7) is 1.69. The van der Waals surface area contributed by atoms with E-state index in [-0.39, 0.29) is 4.88 Å². The van der Waals surface area contributed by atoms with E-state index in [2.05, 4.69) is 4.98 Å². The molecule has 6 heteroatoms. The molecular weight excluding hydrogens is 293 g/mol. The average molecular weight is 302 g/mol. The molecule has 1 N–H and O–H groups in total. The number of hydrogen-bond donors (Lipinski definition) is 1. The minimum Gasteiger partial charge on any atom is -0.477 e. The Balaban J connectivity index is 2.26. The van der Waals surface area contributed by atoms with Crippen molar-refractivity contribution in [2.45, 2.75) is 13.3 Å². The zero-order valence-electron chi connectivity index (χ0n) is 9.41. The van der Waals surface area contributed by atoms with Crippen LogP contribution >= 0.6 is 34.5 Å². The molecule has 1 heterocycles. The molecule has 0 aliphatic carbocycles. The highest BCUT2D eigenvalue weighted by Crippen LogP contribution is 2.25. The number of benzene rings is 1. The molecule has 0 amide bonds. The highest BCUT2D eigenvalue weighted by molar-refractivity contribution is 7.13. The van der Waals surface area contributed by atoms with Crippen LogP contribution in [0.3, 0.4) is 0 Å². The van der Waals surface area contributed by atoms with Crippen LogP contribution in [0, 0.1) is 6.92 Å². The standard InChI is InChI=1S/C12H9Cl2NO2S/c1-6-11(12(16)17)18-10(15-6)5-7-2-3-8(13)9(14)4-7/h2-4H,5H2,1H3,(H,16,17). The Hall–Kier alpha value is -1.10. The molecule has 0 aliphatic heterocycles. The van der Waals surface area contributed by atoms with E-state index in [0.29, 0.717) is 22.2 Å². The van der Waals surface area contributed by atoms with E-state index in [0.717, 1.165) is 10.6 Å². The minimum absolute atomic E-state index is 0.282. The lowest BCUT2D eigenvalue weighted by atomic mass is 10.2. The van der Waals surface area contributed by atoms with Gasteiger partial charge in [0.2, 0.25) is 0 Å². The zero-order chi connectivity index (χ0) is 13.3. The number of aryl methyl sites for hydroxylation is 1. The van der Waals surface area contributed by atoms with E-state index in [1.165, 1.54) is 11.3 Å². The maximum atomic E-state index is 10.9. The third-order valence-corrected chi connectivity index (χ3v) is 4.26. The van der Waals surface area contributed by atoms with Gasteiger partial charge < -0.3 is 5.11 Å². The molecule has 0 aliphatic rings. The third-order valence-electron chi connectivity index (χ3n) is 2.37. The summed E-state index contributed by atoms with van der Waals surface area (Å²) in [5.74, 6) is -0.939. The van der Waals surface area contributed by atoms with Gasteiger partial charge in [0.05, 0.1) is 20.7 Å². The van der Waals surface area contributed by atoms with Gasteiger partial charge in [0.25, 0.3) is 0 Å². The quantitative estimate of drug-likeness (QED) is 0.930. The van der Waals surface area contributed by atoms with Gasteiger partial charge in [-0.05, 0) is 24.6 Å². The Morgan fingerprint density at radius 3 is 2.67 bits per heavy atom. The Labute approximate surface area is 118 Å². The van der Waals surface area contributed by atoms with Crippen LogP contribution in [-0.2, 0) is 6.42 Å². The number of halogens is 2. The van der Waals surface area contributed by atoms with Gasteiger partial charge in [0, 0.05) is 6.42 Å². The maximum Gasteiger partial charge on any atom is 0.347 e. The molecule has 2 rings (SSSR count). The Bertz CT molecular complexity index is 610. The van der Waals surface area contributed by atoms with Crippen molar-refractivity contribution in [3.05, 3.63) is 49.4 Å². The predicted molar refractivity (Wildman–Crippen MR) is 73.1 cm³/mol. The summed E-state index contributed by atoms with van der Waals surface area (Å²) in [7, 11) is 0. The van der Waals surface area contributed by atoms with Gasteiger partial charge >= 0.3 is 5.97 Å². The summed E-state index contributed by atoms with van der Waals surface area (Å²) in [5, 5.41) is 10.7. The second-order valence-electron chi connectivity index (χ2n) is 3.75. The molecule has 0 unspecified atom stereocenters. The first-order chi connectivity index (χ1) is 8.47. The van der Waals surface area contributed by atoms with E-state index >= 15 is 0 Å². The van der Waals surface area contributed by atoms with Gasteiger partial charge in [0.15, 0.2) is 0 Å². The summed E-state index contributed by atoms with van der Waals surface area (Å²) in [5.41, 5.74) is 1.50. The van der Waals surface area contributed by atoms with Crippen molar-refractivity contribution in [1.29, 1.82) is 0 Å². The molecule has 0 radical (unpaired) electrons. The summed E-state index contributed by atoms with van der Waals surface area (Å²) in [6, 6.07) is 5.34. The molecule has 3 nitrogen and oxygen atoms in total. The molecule has 0 fully saturated rings. The Morgan fingerprint density at radius 2 is 2.11 bits per heavy atom. The molecule has 0 spiro atoms. The molecule has 0 bridgehead atoms. The summed E-state index contributed by atoms with van der Waals surface area (Å²) < 4.78 is 0. The second kappa shape index (κ2) is 5.26. The summed E-state index contributed by atoms with van der Waals surface area (Å²) in [4.78, 5) is 15.4. The average Bonchev–Trinajstić information content (AvgIpc) is 2.65. The van der Waals surface area contributed by atoms with Crippen LogP contribution in [0.5, 0.6) is 0 Å². The van der Waals surface area contributed by atoms with E-state index in [1.54, 1.807) is 19.1 Å². The van der Waals surface area contributed by atoms with Crippen LogP contribution < -0.4 is 0 Å². The number of carbonyl (C=O) groups is 1. The highest BCUT2D eigenvalue weighted by Gasteiger charge is 2.14. The van der Waals surface area contributed by atoms with Crippen LogP contribution in [-0.4, -0.2) is 16.1 Å². The van der Waals surface area contributed by atoms with Crippen molar-refractivity contribution in [3.63, 3.8) is 0 Å². The fourth-order valence-electron chi connectivity index (χ4n) is 1.55. The van der Waals surface area contributed by atoms with Gasteiger partial charge in [-0.15, -0.1) is 11.3 Å². The topological polar surface area (TPSA) is 50.2 Å². The first kappa shape index (κ1) is 13.3. The summed E-state index contributed by atoms with van der Waals surface area (Å²) >= 11 is 12.9. The van der Waals surface area contributed by atoms with E-state index in [9.17, 15) is 4.79 Å². The van der Waals surface area contributed by atoms with Gasteiger partial charge in [-0.2, -0.15) is 0 Å². The molecule has 0 saturated carbocycles. The van der Waals surface area contributed by atoms with Crippen molar-refractivity contribution >= 4 is 40.5 Å². The Morgan fingerprint density at radius 1 is 1.39 bits per heavy atom. The van der Waals surface area contributed by atoms with E-state index in [1.807, 2.05) is 6.07 Å². The molecule has 18 heavy (non-hydrogen) atoms. The van der Waals surface area contributed by atoms with Crippen LogP contribution in [0.25, 0.3) is 0 Å². The lowest BCUT2D eigenvalue weighted by Gasteiger charge is -2.00. The summed E-state index contributed by atoms with van der Waals surface area (Å²) in [6.07, 6.45) is 0.551. The first-order valence-electron chi connectivity index (χ1n) is 5.11. The van der Waals surface area contributed by atoms with Crippen molar-refractivity contribution in [1.82, 2.24) is 4.98 Å². The lowest BCUT2D eigenvalue weighted by molar-refractivity contribution is 0.0701. The first-order valence-corrected chi connectivity index (χ1v) is 6.68. The van der Waals surface area contributed by atoms with E-state index in [4.69, 9.17) is 28.3 Å². The smallest absolute Gasteiger partial charge is 0.347 e. The maximum absolute atomic E-state index is 10.9. The minimum atomic E-state index is -0.939. The Kier molecular flexibility index (Phi) is 3.90. The molecule has 0 saturated heterocycles.